The van der Waals surface area contributed by atoms with Gasteiger partial charge in [0.05, 0.1) is 24.0 Å². The van der Waals surface area contributed by atoms with E-state index >= 15 is 0 Å². The summed E-state index contributed by atoms with van der Waals surface area (Å²) in [5.74, 6) is -0.270. The molecule has 0 fully saturated rings. The third-order valence-corrected chi connectivity index (χ3v) is 3.87. The van der Waals surface area contributed by atoms with Crippen LogP contribution in [0.15, 0.2) is 36.4 Å². The highest BCUT2D eigenvalue weighted by atomic mass is 35.5. The van der Waals surface area contributed by atoms with Crippen molar-refractivity contribution in [3.8, 4) is 5.69 Å². The standard InChI is InChI=1S/C17H20ClN3O2/c1-3-13(11-22)19-16(23)10-9-15-12(2)20-21(17(15)18)14-7-5-4-6-8-14/h4-10,13,22H,3,11H2,1-2H3,(H,19,23)/b10-9+. The Morgan fingerprint density at radius 2 is 2.13 bits per heavy atom. The monoisotopic (exact) mass is 333 g/mol. The summed E-state index contributed by atoms with van der Waals surface area (Å²) in [6, 6.07) is 9.31. The zero-order chi connectivity index (χ0) is 16.8. The summed E-state index contributed by atoms with van der Waals surface area (Å²) in [7, 11) is 0. The average Bonchev–Trinajstić information content (AvgIpc) is 2.86. The highest BCUT2D eigenvalue weighted by Crippen LogP contribution is 2.24. The summed E-state index contributed by atoms with van der Waals surface area (Å²) < 4.78 is 1.64. The summed E-state index contributed by atoms with van der Waals surface area (Å²) in [6.45, 7) is 3.66. The van der Waals surface area contributed by atoms with Crippen molar-refractivity contribution in [1.29, 1.82) is 0 Å². The molecule has 0 aliphatic heterocycles. The molecular weight excluding hydrogens is 314 g/mol. The molecule has 0 saturated carbocycles. The molecule has 6 heteroatoms. The van der Waals surface area contributed by atoms with E-state index in [1.54, 1.807) is 10.8 Å². The molecule has 2 rings (SSSR count). The van der Waals surface area contributed by atoms with Crippen LogP contribution in [0.1, 0.15) is 24.6 Å². The molecule has 0 aliphatic carbocycles. The number of aromatic nitrogens is 2. The van der Waals surface area contributed by atoms with Gasteiger partial charge in [-0.15, -0.1) is 0 Å². The van der Waals surface area contributed by atoms with Gasteiger partial charge >= 0.3 is 0 Å². The summed E-state index contributed by atoms with van der Waals surface area (Å²) in [5, 5.41) is 16.7. The molecule has 1 atom stereocenters. The lowest BCUT2D eigenvalue weighted by Gasteiger charge is -2.11. The topological polar surface area (TPSA) is 67.2 Å². The van der Waals surface area contributed by atoms with E-state index in [1.165, 1.54) is 6.08 Å². The molecule has 23 heavy (non-hydrogen) atoms. The predicted molar refractivity (Wildman–Crippen MR) is 91.7 cm³/mol. The van der Waals surface area contributed by atoms with E-state index in [0.717, 1.165) is 11.4 Å². The minimum atomic E-state index is -0.270. The Kier molecular flexibility index (Phi) is 5.96. The van der Waals surface area contributed by atoms with Crippen molar-refractivity contribution in [2.45, 2.75) is 26.3 Å². The summed E-state index contributed by atoms with van der Waals surface area (Å²) in [5.41, 5.74) is 2.29. The van der Waals surface area contributed by atoms with Crippen molar-refractivity contribution in [2.24, 2.45) is 0 Å². The van der Waals surface area contributed by atoms with Crippen molar-refractivity contribution in [1.82, 2.24) is 15.1 Å². The highest BCUT2D eigenvalue weighted by Gasteiger charge is 2.13. The third-order valence-electron chi connectivity index (χ3n) is 3.51. The Hall–Kier alpha value is -2.11. The molecule has 0 saturated heterocycles. The molecule has 0 spiro atoms. The Bertz CT molecular complexity index is 691. The SMILES string of the molecule is CCC(CO)NC(=O)/C=C/c1c(C)nn(-c2ccccc2)c1Cl. The molecule has 122 valence electrons. The number of nitrogens with one attached hydrogen (secondary N) is 1. The van der Waals surface area contributed by atoms with Crippen molar-refractivity contribution < 1.29 is 9.90 Å². The van der Waals surface area contributed by atoms with E-state index < -0.39 is 0 Å². The maximum absolute atomic E-state index is 11.9. The number of rotatable bonds is 6. The van der Waals surface area contributed by atoms with Gasteiger partial charge in [0.25, 0.3) is 0 Å². The van der Waals surface area contributed by atoms with Crippen LogP contribution in [-0.2, 0) is 4.79 Å². The van der Waals surface area contributed by atoms with Crippen LogP contribution in [0.25, 0.3) is 11.8 Å². The summed E-state index contributed by atoms with van der Waals surface area (Å²) in [4.78, 5) is 11.9. The molecule has 0 radical (unpaired) electrons. The second-order valence-electron chi connectivity index (χ2n) is 5.17. The molecule has 2 aromatic rings. The van der Waals surface area contributed by atoms with Crippen LogP contribution in [-0.4, -0.2) is 33.4 Å². The molecule has 1 unspecified atom stereocenters. The van der Waals surface area contributed by atoms with Crippen molar-refractivity contribution >= 4 is 23.6 Å². The van der Waals surface area contributed by atoms with E-state index in [9.17, 15) is 4.79 Å². The number of hydrogen-bond donors (Lipinski definition) is 2. The molecule has 1 amide bonds. The lowest BCUT2D eigenvalue weighted by molar-refractivity contribution is -0.117. The first-order valence-corrected chi connectivity index (χ1v) is 7.84. The summed E-state index contributed by atoms with van der Waals surface area (Å²) in [6.07, 6.45) is 3.72. The van der Waals surface area contributed by atoms with Gasteiger partial charge in [-0.05, 0) is 31.6 Å². The lowest BCUT2D eigenvalue weighted by Crippen LogP contribution is -2.35. The Labute approximate surface area is 140 Å². The first-order valence-electron chi connectivity index (χ1n) is 7.46. The van der Waals surface area contributed by atoms with E-state index in [4.69, 9.17) is 16.7 Å². The van der Waals surface area contributed by atoms with Crippen LogP contribution in [0, 0.1) is 6.92 Å². The van der Waals surface area contributed by atoms with E-state index in [0.29, 0.717) is 17.1 Å². The normalized spacial score (nSPS) is 12.5. The molecule has 1 aromatic carbocycles. The third kappa shape index (κ3) is 4.21. The highest BCUT2D eigenvalue weighted by molar-refractivity contribution is 6.31. The Morgan fingerprint density at radius 3 is 2.74 bits per heavy atom. The zero-order valence-electron chi connectivity index (χ0n) is 13.2. The number of amides is 1. The first kappa shape index (κ1) is 17.2. The number of carbonyl (C=O) groups excluding carboxylic acids is 1. The molecule has 0 bridgehead atoms. The molecule has 2 N–H and O–H groups in total. The fourth-order valence-corrected chi connectivity index (χ4v) is 2.46. The van der Waals surface area contributed by atoms with E-state index in [1.807, 2.05) is 44.2 Å². The van der Waals surface area contributed by atoms with Gasteiger partial charge in [-0.3, -0.25) is 4.79 Å². The first-order chi connectivity index (χ1) is 11.1. The zero-order valence-corrected chi connectivity index (χ0v) is 13.9. The number of aryl methyl sites for hydroxylation is 1. The smallest absolute Gasteiger partial charge is 0.244 e. The van der Waals surface area contributed by atoms with Crippen LogP contribution >= 0.6 is 11.6 Å². The van der Waals surface area contributed by atoms with Crippen LogP contribution in [0.2, 0.25) is 5.15 Å². The van der Waals surface area contributed by atoms with Gasteiger partial charge in [-0.1, -0.05) is 36.7 Å². The quantitative estimate of drug-likeness (QED) is 0.799. The Morgan fingerprint density at radius 1 is 1.43 bits per heavy atom. The van der Waals surface area contributed by atoms with Gasteiger partial charge in [0, 0.05) is 11.6 Å². The number of nitrogens with zero attached hydrogens (tertiary/aromatic N) is 2. The molecule has 1 heterocycles. The number of halogens is 1. The van der Waals surface area contributed by atoms with E-state index in [2.05, 4.69) is 10.4 Å². The largest absolute Gasteiger partial charge is 0.394 e. The molecule has 1 aromatic heterocycles. The molecular formula is C17H20ClN3O2. The number of aliphatic hydroxyl groups excluding tert-OH is 1. The number of para-hydroxylation sites is 1. The van der Waals surface area contributed by atoms with Gasteiger partial charge in [0.2, 0.25) is 5.91 Å². The van der Waals surface area contributed by atoms with Gasteiger partial charge in [0.15, 0.2) is 0 Å². The predicted octanol–water partition coefficient (Wildman–Crippen LogP) is 2.73. The van der Waals surface area contributed by atoms with Gasteiger partial charge < -0.3 is 10.4 Å². The van der Waals surface area contributed by atoms with Crippen molar-refractivity contribution in [3.05, 3.63) is 52.8 Å². The molecule has 0 aliphatic rings. The van der Waals surface area contributed by atoms with Crippen LogP contribution < -0.4 is 5.32 Å². The molecule has 5 nitrogen and oxygen atoms in total. The van der Waals surface area contributed by atoms with Crippen molar-refractivity contribution in [2.75, 3.05) is 6.61 Å². The minimum Gasteiger partial charge on any atom is -0.394 e. The second-order valence-corrected chi connectivity index (χ2v) is 5.52. The van der Waals surface area contributed by atoms with Crippen molar-refractivity contribution in [3.63, 3.8) is 0 Å². The fraction of sp³-hybridized carbons (Fsp3) is 0.294. The van der Waals surface area contributed by atoms with Crippen LogP contribution in [0.4, 0.5) is 0 Å². The number of aliphatic hydroxyl groups is 1. The maximum Gasteiger partial charge on any atom is 0.244 e. The fourth-order valence-electron chi connectivity index (χ4n) is 2.13. The van der Waals surface area contributed by atoms with Gasteiger partial charge in [-0.25, -0.2) is 4.68 Å². The Balaban J connectivity index is 2.19. The van der Waals surface area contributed by atoms with Crippen LogP contribution in [0.5, 0.6) is 0 Å². The lowest BCUT2D eigenvalue weighted by atomic mass is 10.2. The maximum atomic E-state index is 11.9. The van der Waals surface area contributed by atoms with Crippen LogP contribution in [0.3, 0.4) is 0 Å². The second kappa shape index (κ2) is 7.94. The number of hydrogen-bond acceptors (Lipinski definition) is 3. The van der Waals surface area contributed by atoms with Gasteiger partial charge in [0.1, 0.15) is 5.15 Å². The van der Waals surface area contributed by atoms with E-state index in [-0.39, 0.29) is 18.6 Å². The number of benzene rings is 1. The minimum absolute atomic E-state index is 0.0815. The average molecular weight is 334 g/mol. The van der Waals surface area contributed by atoms with Gasteiger partial charge in [-0.2, -0.15) is 5.10 Å². The number of carbonyl (C=O) groups is 1. The summed E-state index contributed by atoms with van der Waals surface area (Å²) >= 11 is 6.39.